The zero-order chi connectivity index (χ0) is 16.0. The third-order valence-electron chi connectivity index (χ3n) is 2.94. The highest BCUT2D eigenvalue weighted by Crippen LogP contribution is 2.13. The molecule has 21 heavy (non-hydrogen) atoms. The van der Waals surface area contributed by atoms with Gasteiger partial charge in [0.15, 0.2) is 0 Å². The Kier molecular flexibility index (Phi) is 6.28. The lowest BCUT2D eigenvalue weighted by molar-refractivity contribution is -0.142. The fourth-order valence-electron chi connectivity index (χ4n) is 2.05. The number of rotatable bonds is 6. The molecule has 1 aliphatic rings. The molecule has 1 saturated heterocycles. The van der Waals surface area contributed by atoms with Gasteiger partial charge in [0, 0.05) is 19.6 Å². The van der Waals surface area contributed by atoms with Crippen LogP contribution in [0, 0.1) is 0 Å². The Bertz CT molecular complexity index is 407. The van der Waals surface area contributed by atoms with Crippen molar-refractivity contribution >= 4 is 17.9 Å². The molecule has 0 aromatic carbocycles. The molecule has 0 saturated carbocycles. The van der Waals surface area contributed by atoms with E-state index in [0.29, 0.717) is 4.90 Å². The predicted octanol–water partition coefficient (Wildman–Crippen LogP) is -1.06. The van der Waals surface area contributed by atoms with Gasteiger partial charge in [0.25, 0.3) is 6.43 Å². The second kappa shape index (κ2) is 7.72. The molecular formula is C11H17F2N3O5. The van der Waals surface area contributed by atoms with Crippen molar-refractivity contribution < 1.29 is 33.4 Å². The third kappa shape index (κ3) is 4.81. The van der Waals surface area contributed by atoms with Crippen LogP contribution >= 0.6 is 0 Å². The van der Waals surface area contributed by atoms with E-state index in [1.807, 2.05) is 0 Å². The Morgan fingerprint density at radius 3 is 2.67 bits per heavy atom. The van der Waals surface area contributed by atoms with Gasteiger partial charge in [0.05, 0.1) is 19.6 Å². The lowest BCUT2D eigenvalue weighted by Gasteiger charge is -2.37. The molecule has 10 heteroatoms. The van der Waals surface area contributed by atoms with E-state index < -0.39 is 49.9 Å². The van der Waals surface area contributed by atoms with Crippen LogP contribution < -0.4 is 5.32 Å². The number of carboxylic acids is 1. The smallest absolute Gasteiger partial charge is 0.321 e. The molecule has 0 spiro atoms. The number of piperazine rings is 1. The van der Waals surface area contributed by atoms with E-state index in [9.17, 15) is 23.2 Å². The molecular weight excluding hydrogens is 292 g/mol. The zero-order valence-corrected chi connectivity index (χ0v) is 11.2. The van der Waals surface area contributed by atoms with Crippen molar-refractivity contribution in [3.8, 4) is 0 Å². The van der Waals surface area contributed by atoms with Gasteiger partial charge in [-0.3, -0.25) is 9.59 Å². The number of carboxylic acid groups (broad SMARTS) is 1. The standard InChI is InChI=1S/C11H17F2N3O5/c12-8(13)6-15(3-4-17)11(21)16-2-1-14-10(20)7(16)5-9(18)19/h7-8,17H,1-6H2,(H,14,20)(H,18,19). The lowest BCUT2D eigenvalue weighted by Crippen LogP contribution is -2.61. The minimum atomic E-state index is -2.79. The highest BCUT2D eigenvalue weighted by Gasteiger charge is 2.37. The highest BCUT2D eigenvalue weighted by molar-refractivity contribution is 5.91. The maximum atomic E-state index is 12.5. The number of urea groups is 1. The lowest BCUT2D eigenvalue weighted by atomic mass is 10.1. The average Bonchev–Trinajstić information content (AvgIpc) is 2.39. The van der Waals surface area contributed by atoms with E-state index in [1.54, 1.807) is 0 Å². The van der Waals surface area contributed by atoms with E-state index in [0.717, 1.165) is 4.90 Å². The Morgan fingerprint density at radius 2 is 2.14 bits per heavy atom. The van der Waals surface area contributed by atoms with Crippen LogP contribution in [0.25, 0.3) is 0 Å². The van der Waals surface area contributed by atoms with Gasteiger partial charge in [0.1, 0.15) is 6.04 Å². The van der Waals surface area contributed by atoms with Gasteiger partial charge >= 0.3 is 12.0 Å². The van der Waals surface area contributed by atoms with Gasteiger partial charge in [-0.05, 0) is 0 Å². The minimum Gasteiger partial charge on any atom is -0.481 e. The molecule has 0 aromatic heterocycles. The molecule has 1 aliphatic heterocycles. The molecule has 0 radical (unpaired) electrons. The first-order valence-corrected chi connectivity index (χ1v) is 6.31. The van der Waals surface area contributed by atoms with Crippen LogP contribution in [0.3, 0.4) is 0 Å². The maximum absolute atomic E-state index is 12.5. The van der Waals surface area contributed by atoms with Crippen molar-refractivity contribution in [2.45, 2.75) is 18.9 Å². The van der Waals surface area contributed by atoms with Crippen LogP contribution in [0.5, 0.6) is 0 Å². The second-order valence-corrected chi connectivity index (χ2v) is 4.44. The summed E-state index contributed by atoms with van der Waals surface area (Å²) < 4.78 is 24.9. The first-order valence-electron chi connectivity index (χ1n) is 6.31. The number of aliphatic hydroxyl groups is 1. The Morgan fingerprint density at radius 1 is 1.48 bits per heavy atom. The van der Waals surface area contributed by atoms with Crippen LogP contribution in [0.15, 0.2) is 0 Å². The maximum Gasteiger partial charge on any atom is 0.321 e. The fourth-order valence-corrected chi connectivity index (χ4v) is 2.05. The minimum absolute atomic E-state index is 0.0215. The van der Waals surface area contributed by atoms with Crippen LogP contribution in [-0.2, 0) is 9.59 Å². The van der Waals surface area contributed by atoms with E-state index in [2.05, 4.69) is 5.32 Å². The van der Waals surface area contributed by atoms with Crippen molar-refractivity contribution in [3.63, 3.8) is 0 Å². The topological polar surface area (TPSA) is 110 Å². The summed E-state index contributed by atoms with van der Waals surface area (Å²) in [4.78, 5) is 36.3. The van der Waals surface area contributed by atoms with Crippen molar-refractivity contribution in [1.29, 1.82) is 0 Å². The van der Waals surface area contributed by atoms with Crippen molar-refractivity contribution in [3.05, 3.63) is 0 Å². The van der Waals surface area contributed by atoms with Crippen LogP contribution in [0.2, 0.25) is 0 Å². The summed E-state index contributed by atoms with van der Waals surface area (Å²) >= 11 is 0. The number of nitrogens with one attached hydrogen (secondary N) is 1. The van der Waals surface area contributed by atoms with Crippen LogP contribution in [0.1, 0.15) is 6.42 Å². The van der Waals surface area contributed by atoms with Gasteiger partial charge in [-0.25, -0.2) is 13.6 Å². The number of hydrogen-bond donors (Lipinski definition) is 3. The first kappa shape index (κ1) is 17.1. The summed E-state index contributed by atoms with van der Waals surface area (Å²) in [6, 6.07) is -2.13. The number of carbonyl (C=O) groups excluding carboxylic acids is 2. The van der Waals surface area contributed by atoms with E-state index in [-0.39, 0.29) is 19.6 Å². The van der Waals surface area contributed by atoms with Gasteiger partial charge in [0.2, 0.25) is 5.91 Å². The Hall–Kier alpha value is -1.97. The molecule has 0 aromatic rings. The molecule has 1 unspecified atom stereocenters. The quantitative estimate of drug-likeness (QED) is 0.579. The molecule has 0 aliphatic carbocycles. The number of nitrogens with zero attached hydrogens (tertiary/aromatic N) is 2. The van der Waals surface area contributed by atoms with Crippen molar-refractivity contribution in [2.75, 3.05) is 32.8 Å². The molecule has 1 heterocycles. The third-order valence-corrected chi connectivity index (χ3v) is 2.94. The number of halogens is 2. The predicted molar refractivity (Wildman–Crippen MR) is 65.8 cm³/mol. The van der Waals surface area contributed by atoms with E-state index in [1.165, 1.54) is 0 Å². The van der Waals surface area contributed by atoms with Gasteiger partial charge in [-0.1, -0.05) is 0 Å². The first-order chi connectivity index (χ1) is 9.86. The van der Waals surface area contributed by atoms with Crippen LogP contribution in [-0.4, -0.2) is 83.2 Å². The average molecular weight is 309 g/mol. The molecule has 1 fully saturated rings. The molecule has 0 bridgehead atoms. The summed E-state index contributed by atoms with van der Waals surface area (Å²) in [6.45, 7) is -1.59. The second-order valence-electron chi connectivity index (χ2n) is 4.44. The zero-order valence-electron chi connectivity index (χ0n) is 11.2. The largest absolute Gasteiger partial charge is 0.481 e. The summed E-state index contributed by atoms with van der Waals surface area (Å²) in [7, 11) is 0. The van der Waals surface area contributed by atoms with Gasteiger partial charge in [-0.15, -0.1) is 0 Å². The number of carbonyl (C=O) groups is 3. The molecule has 120 valence electrons. The molecule has 8 nitrogen and oxygen atoms in total. The Labute approximate surface area is 119 Å². The summed E-state index contributed by atoms with van der Waals surface area (Å²) in [5, 5.41) is 20.0. The summed E-state index contributed by atoms with van der Waals surface area (Å²) in [6.07, 6.45) is -3.41. The number of aliphatic carboxylic acids is 1. The normalized spacial score (nSPS) is 18.6. The molecule has 1 rings (SSSR count). The fraction of sp³-hybridized carbons (Fsp3) is 0.727. The van der Waals surface area contributed by atoms with Crippen molar-refractivity contribution in [1.82, 2.24) is 15.1 Å². The molecule has 3 amide bonds. The van der Waals surface area contributed by atoms with Gasteiger partial charge in [-0.2, -0.15) is 0 Å². The number of alkyl halides is 2. The SMILES string of the molecule is O=C(O)CC1C(=O)NCCN1C(=O)N(CCO)CC(F)F. The van der Waals surface area contributed by atoms with E-state index in [4.69, 9.17) is 10.2 Å². The highest BCUT2D eigenvalue weighted by atomic mass is 19.3. The Balaban J connectivity index is 2.87. The number of aliphatic hydroxyl groups excluding tert-OH is 1. The van der Waals surface area contributed by atoms with Crippen LogP contribution in [0.4, 0.5) is 13.6 Å². The number of hydrogen-bond acceptors (Lipinski definition) is 4. The van der Waals surface area contributed by atoms with Gasteiger partial charge < -0.3 is 25.3 Å². The monoisotopic (exact) mass is 309 g/mol. The summed E-state index contributed by atoms with van der Waals surface area (Å²) in [5.74, 6) is -1.92. The van der Waals surface area contributed by atoms with E-state index >= 15 is 0 Å². The van der Waals surface area contributed by atoms with Crippen molar-refractivity contribution in [2.24, 2.45) is 0 Å². The molecule has 3 N–H and O–H groups in total. The number of amides is 3. The summed E-state index contributed by atoms with van der Waals surface area (Å²) in [5.41, 5.74) is 0. The molecule has 1 atom stereocenters.